The molecule has 0 fully saturated rings. The Morgan fingerprint density at radius 1 is 0.880 bits per heavy atom. The van der Waals surface area contributed by atoms with Crippen LogP contribution in [0.15, 0.2) is 40.9 Å². The van der Waals surface area contributed by atoms with E-state index in [-0.39, 0.29) is 12.6 Å². The van der Waals surface area contributed by atoms with Gasteiger partial charge in [-0.1, -0.05) is 12.1 Å². The van der Waals surface area contributed by atoms with Crippen molar-refractivity contribution in [3.8, 4) is 17.2 Å². The minimum absolute atomic E-state index is 0.230. The molecule has 0 amide bonds. The van der Waals surface area contributed by atoms with Crippen LogP contribution in [0, 0.1) is 0 Å². The Balaban J connectivity index is 1.85. The molecule has 0 aliphatic carbocycles. The number of rotatable bonds is 8. The third-order valence-electron chi connectivity index (χ3n) is 3.68. The number of hydrogen-bond donors (Lipinski definition) is 0. The van der Waals surface area contributed by atoms with Crippen molar-refractivity contribution in [1.82, 2.24) is 0 Å². The van der Waals surface area contributed by atoms with Crippen LogP contribution in [0.3, 0.4) is 0 Å². The number of halogens is 1. The third kappa shape index (κ3) is 5.39. The van der Waals surface area contributed by atoms with Crippen molar-refractivity contribution < 1.29 is 23.7 Å². The number of carbonyl (C=O) groups excluding carboxylic acids is 1. The van der Waals surface area contributed by atoms with E-state index in [0.29, 0.717) is 24.3 Å². The zero-order chi connectivity index (χ0) is 18.2. The standard InChI is InChI=1S/C19H21BrO5/c1-22-16-7-5-14(10-15(16)20)12-25-19(21)9-6-13-4-8-17(23-2)18(11-13)24-3/h4-5,7-8,10-11H,6,9,12H2,1-3H3. The third-order valence-corrected chi connectivity index (χ3v) is 4.30. The maximum Gasteiger partial charge on any atom is 0.306 e. The van der Waals surface area contributed by atoms with Crippen LogP contribution in [0.1, 0.15) is 17.5 Å². The Hall–Kier alpha value is -2.21. The highest BCUT2D eigenvalue weighted by Gasteiger charge is 2.09. The minimum atomic E-state index is -0.248. The summed E-state index contributed by atoms with van der Waals surface area (Å²) < 4.78 is 21.8. The van der Waals surface area contributed by atoms with Crippen LogP contribution < -0.4 is 14.2 Å². The number of carbonyl (C=O) groups is 1. The summed E-state index contributed by atoms with van der Waals surface area (Å²) >= 11 is 3.41. The van der Waals surface area contributed by atoms with Gasteiger partial charge in [-0.2, -0.15) is 0 Å². The Labute approximate surface area is 156 Å². The van der Waals surface area contributed by atoms with E-state index in [9.17, 15) is 4.79 Å². The number of hydrogen-bond acceptors (Lipinski definition) is 5. The van der Waals surface area contributed by atoms with Crippen LogP contribution in [0.5, 0.6) is 17.2 Å². The lowest BCUT2D eigenvalue weighted by Gasteiger charge is -2.10. The summed E-state index contributed by atoms with van der Waals surface area (Å²) in [5.74, 6) is 1.81. The number of methoxy groups -OCH3 is 3. The van der Waals surface area contributed by atoms with Gasteiger partial charge in [0.15, 0.2) is 11.5 Å². The molecular formula is C19H21BrO5. The van der Waals surface area contributed by atoms with E-state index in [1.165, 1.54) is 0 Å². The van der Waals surface area contributed by atoms with Crippen molar-refractivity contribution in [2.24, 2.45) is 0 Å². The molecule has 2 rings (SSSR count). The molecule has 0 spiro atoms. The normalized spacial score (nSPS) is 10.2. The lowest BCUT2D eigenvalue weighted by atomic mass is 10.1. The maximum absolute atomic E-state index is 12.0. The van der Waals surface area contributed by atoms with E-state index in [2.05, 4.69) is 15.9 Å². The molecule has 0 atom stereocenters. The summed E-state index contributed by atoms with van der Waals surface area (Å²) in [5, 5.41) is 0. The highest BCUT2D eigenvalue weighted by molar-refractivity contribution is 9.10. The molecule has 134 valence electrons. The van der Waals surface area contributed by atoms with Crippen LogP contribution in [0.25, 0.3) is 0 Å². The lowest BCUT2D eigenvalue weighted by Crippen LogP contribution is -2.06. The van der Waals surface area contributed by atoms with Gasteiger partial charge in [-0.05, 0) is 57.7 Å². The van der Waals surface area contributed by atoms with Crippen molar-refractivity contribution in [3.63, 3.8) is 0 Å². The minimum Gasteiger partial charge on any atom is -0.496 e. The monoisotopic (exact) mass is 408 g/mol. The van der Waals surface area contributed by atoms with E-state index in [0.717, 1.165) is 21.3 Å². The molecule has 6 heteroatoms. The van der Waals surface area contributed by atoms with Crippen molar-refractivity contribution in [2.45, 2.75) is 19.4 Å². The molecule has 0 saturated carbocycles. The van der Waals surface area contributed by atoms with Gasteiger partial charge in [0.2, 0.25) is 0 Å². The molecule has 0 unspecified atom stereocenters. The Morgan fingerprint density at radius 3 is 2.16 bits per heavy atom. The van der Waals surface area contributed by atoms with Crippen LogP contribution >= 0.6 is 15.9 Å². The first-order valence-corrected chi connectivity index (χ1v) is 8.55. The molecule has 0 aliphatic heterocycles. The number of aryl methyl sites for hydroxylation is 1. The van der Waals surface area contributed by atoms with Gasteiger partial charge in [0.25, 0.3) is 0 Å². The smallest absolute Gasteiger partial charge is 0.306 e. The fourth-order valence-corrected chi connectivity index (χ4v) is 2.91. The molecule has 2 aromatic rings. The van der Waals surface area contributed by atoms with Crippen LogP contribution in [-0.4, -0.2) is 27.3 Å². The summed E-state index contributed by atoms with van der Waals surface area (Å²) in [4.78, 5) is 12.0. The van der Waals surface area contributed by atoms with E-state index >= 15 is 0 Å². The zero-order valence-electron chi connectivity index (χ0n) is 14.5. The molecule has 0 aliphatic rings. The predicted molar refractivity (Wildman–Crippen MR) is 98.4 cm³/mol. The maximum atomic E-state index is 12.0. The Kier molecular flexibility index (Phi) is 7.13. The highest BCUT2D eigenvalue weighted by Crippen LogP contribution is 2.28. The average Bonchev–Trinajstić information content (AvgIpc) is 2.64. The summed E-state index contributed by atoms with van der Waals surface area (Å²) in [5.41, 5.74) is 1.88. The second kappa shape index (κ2) is 9.32. The first kappa shape index (κ1) is 19.1. The van der Waals surface area contributed by atoms with Crippen LogP contribution in [-0.2, 0) is 22.6 Å². The van der Waals surface area contributed by atoms with Crippen LogP contribution in [0.2, 0.25) is 0 Å². The fourth-order valence-electron chi connectivity index (χ4n) is 2.32. The van der Waals surface area contributed by atoms with Gasteiger partial charge < -0.3 is 18.9 Å². The lowest BCUT2D eigenvalue weighted by molar-refractivity contribution is -0.144. The van der Waals surface area contributed by atoms with Crippen LogP contribution in [0.4, 0.5) is 0 Å². The van der Waals surface area contributed by atoms with Gasteiger partial charge in [0, 0.05) is 6.42 Å². The number of ether oxygens (including phenoxy) is 4. The molecule has 0 saturated heterocycles. The molecule has 25 heavy (non-hydrogen) atoms. The summed E-state index contributed by atoms with van der Waals surface area (Å²) in [6.07, 6.45) is 0.873. The predicted octanol–water partition coefficient (Wildman–Crippen LogP) is 4.15. The fraction of sp³-hybridized carbons (Fsp3) is 0.316. The Bertz CT molecular complexity index is 730. The van der Waals surface area contributed by atoms with Crippen molar-refractivity contribution in [3.05, 3.63) is 52.0 Å². The van der Waals surface area contributed by atoms with Gasteiger partial charge in [0.05, 0.1) is 25.8 Å². The van der Waals surface area contributed by atoms with Gasteiger partial charge >= 0.3 is 5.97 Å². The summed E-state index contributed by atoms with van der Waals surface area (Å²) in [6.45, 7) is 0.230. The first-order chi connectivity index (χ1) is 12.1. The summed E-state index contributed by atoms with van der Waals surface area (Å²) in [6, 6.07) is 11.2. The largest absolute Gasteiger partial charge is 0.496 e. The molecular weight excluding hydrogens is 388 g/mol. The quantitative estimate of drug-likeness (QED) is 0.614. The topological polar surface area (TPSA) is 54.0 Å². The van der Waals surface area contributed by atoms with E-state index in [1.54, 1.807) is 21.3 Å². The van der Waals surface area contributed by atoms with E-state index in [1.807, 2.05) is 36.4 Å². The SMILES string of the molecule is COc1ccc(COC(=O)CCc2ccc(OC)c(OC)c2)cc1Br. The van der Waals surface area contributed by atoms with Gasteiger partial charge in [-0.3, -0.25) is 4.79 Å². The molecule has 2 aromatic carbocycles. The number of esters is 1. The first-order valence-electron chi connectivity index (χ1n) is 7.76. The Morgan fingerprint density at radius 2 is 1.52 bits per heavy atom. The molecule has 5 nitrogen and oxygen atoms in total. The molecule has 0 N–H and O–H groups in total. The van der Waals surface area contributed by atoms with Crippen molar-refractivity contribution in [1.29, 1.82) is 0 Å². The van der Waals surface area contributed by atoms with Gasteiger partial charge in [-0.15, -0.1) is 0 Å². The second-order valence-electron chi connectivity index (χ2n) is 5.32. The van der Waals surface area contributed by atoms with Gasteiger partial charge in [0.1, 0.15) is 12.4 Å². The van der Waals surface area contributed by atoms with Gasteiger partial charge in [-0.25, -0.2) is 0 Å². The van der Waals surface area contributed by atoms with Crippen molar-refractivity contribution >= 4 is 21.9 Å². The molecule has 0 heterocycles. The molecule has 0 radical (unpaired) electrons. The molecule has 0 bridgehead atoms. The highest BCUT2D eigenvalue weighted by atomic mass is 79.9. The van der Waals surface area contributed by atoms with Crippen molar-refractivity contribution in [2.75, 3.05) is 21.3 Å². The number of benzene rings is 2. The van der Waals surface area contributed by atoms with E-state index in [4.69, 9.17) is 18.9 Å². The second-order valence-corrected chi connectivity index (χ2v) is 6.17. The average molecular weight is 409 g/mol. The molecule has 0 aromatic heterocycles. The van der Waals surface area contributed by atoms with E-state index < -0.39 is 0 Å². The summed E-state index contributed by atoms with van der Waals surface area (Å²) in [7, 11) is 4.78. The zero-order valence-corrected chi connectivity index (χ0v) is 16.1.